The Hall–Kier alpha value is -2.12. The first-order valence-corrected chi connectivity index (χ1v) is 8.15. The number of carbonyl (C=O) groups is 1. The normalized spacial score (nSPS) is 10.9. The van der Waals surface area contributed by atoms with Gasteiger partial charge in [-0.15, -0.1) is 11.3 Å². The molecule has 0 aliphatic heterocycles. The van der Waals surface area contributed by atoms with Gasteiger partial charge in [-0.3, -0.25) is 4.79 Å². The Labute approximate surface area is 129 Å². The number of rotatable bonds is 3. The average Bonchev–Trinajstić information content (AvgIpc) is 2.84. The van der Waals surface area contributed by atoms with E-state index in [1.165, 1.54) is 23.1 Å². The molecule has 2 heterocycles. The zero-order chi connectivity index (χ0) is 15.0. The fourth-order valence-corrected chi connectivity index (χ4v) is 3.45. The number of fused-ring (bicyclic) bond motifs is 1. The molecule has 0 bridgehead atoms. The van der Waals surface area contributed by atoms with Crippen molar-refractivity contribution in [3.8, 4) is 11.3 Å². The third kappa shape index (κ3) is 2.34. The summed E-state index contributed by atoms with van der Waals surface area (Å²) in [7, 11) is 0. The quantitative estimate of drug-likeness (QED) is 0.572. The first-order chi connectivity index (χ1) is 10.1. The monoisotopic (exact) mass is 316 g/mol. The second-order valence-corrected chi connectivity index (χ2v) is 6.09. The minimum atomic E-state index is -0.541. The van der Waals surface area contributed by atoms with Crippen molar-refractivity contribution in [2.24, 2.45) is 5.73 Å². The Morgan fingerprint density at radius 3 is 2.57 bits per heavy atom. The van der Waals surface area contributed by atoms with Crippen molar-refractivity contribution in [3.63, 3.8) is 0 Å². The third-order valence-corrected chi connectivity index (χ3v) is 4.68. The maximum absolute atomic E-state index is 11.5. The molecule has 0 atom stereocenters. The highest BCUT2D eigenvalue weighted by molar-refractivity contribution is 7.98. The number of carbonyl (C=O) groups excluding carboxylic acids is 1. The van der Waals surface area contributed by atoms with Crippen molar-refractivity contribution in [3.05, 3.63) is 35.2 Å². The summed E-state index contributed by atoms with van der Waals surface area (Å²) >= 11 is 2.65. The van der Waals surface area contributed by atoms with Crippen molar-refractivity contribution >= 4 is 44.9 Å². The number of primary amides is 1. The van der Waals surface area contributed by atoms with Gasteiger partial charge in [0.25, 0.3) is 5.91 Å². The molecule has 2 aromatic heterocycles. The number of aromatic nitrogens is 2. The molecule has 1 aromatic carbocycles. The van der Waals surface area contributed by atoms with Crippen LogP contribution in [0.15, 0.2) is 35.5 Å². The Bertz CT molecular complexity index is 830. The van der Waals surface area contributed by atoms with Crippen LogP contribution in [0.4, 0.5) is 5.69 Å². The number of hydrogen-bond donors (Lipinski definition) is 2. The lowest BCUT2D eigenvalue weighted by Gasteiger charge is -2.05. The topological polar surface area (TPSA) is 94.9 Å². The Kier molecular flexibility index (Phi) is 3.52. The number of nitrogen functional groups attached to an aromatic ring is 1. The number of nitrogens with two attached hydrogens (primary N) is 2. The minimum absolute atomic E-state index is 0.328. The summed E-state index contributed by atoms with van der Waals surface area (Å²) < 4.78 is 0. The van der Waals surface area contributed by atoms with Gasteiger partial charge in [0.15, 0.2) is 5.16 Å². The largest absolute Gasteiger partial charge is 0.397 e. The van der Waals surface area contributed by atoms with Crippen molar-refractivity contribution < 1.29 is 4.79 Å². The standard InChI is InChI=1S/C14H12N4OS2/c1-20-14-17-10(7-5-3-2-4-6-7)8-9(15)11(12(16)19)21-13(8)18-14/h2-6H,15H2,1H3,(H2,16,19). The van der Waals surface area contributed by atoms with Gasteiger partial charge in [-0.05, 0) is 6.26 Å². The predicted molar refractivity (Wildman–Crippen MR) is 87.6 cm³/mol. The lowest BCUT2D eigenvalue weighted by atomic mass is 10.1. The fourth-order valence-electron chi connectivity index (χ4n) is 2.08. The van der Waals surface area contributed by atoms with Crippen molar-refractivity contribution in [1.29, 1.82) is 0 Å². The molecule has 21 heavy (non-hydrogen) atoms. The molecule has 4 N–H and O–H groups in total. The van der Waals surface area contributed by atoms with Gasteiger partial charge in [0, 0.05) is 5.56 Å². The predicted octanol–water partition coefficient (Wildman–Crippen LogP) is 2.76. The van der Waals surface area contributed by atoms with Crippen LogP contribution in [0, 0.1) is 0 Å². The second kappa shape index (κ2) is 5.34. The molecule has 0 unspecified atom stereocenters. The number of benzene rings is 1. The van der Waals surface area contributed by atoms with E-state index in [2.05, 4.69) is 9.97 Å². The van der Waals surface area contributed by atoms with Crippen LogP contribution >= 0.6 is 23.1 Å². The molecular weight excluding hydrogens is 304 g/mol. The van der Waals surface area contributed by atoms with Crippen LogP contribution in [0.25, 0.3) is 21.5 Å². The van der Waals surface area contributed by atoms with Crippen LogP contribution < -0.4 is 11.5 Å². The molecule has 0 saturated heterocycles. The van der Waals surface area contributed by atoms with Gasteiger partial charge in [-0.1, -0.05) is 42.1 Å². The van der Waals surface area contributed by atoms with Crippen LogP contribution in [-0.4, -0.2) is 22.1 Å². The second-order valence-electron chi connectivity index (χ2n) is 4.31. The van der Waals surface area contributed by atoms with Crippen LogP contribution in [0.1, 0.15) is 9.67 Å². The van der Waals surface area contributed by atoms with Crippen LogP contribution in [0.5, 0.6) is 0 Å². The molecule has 1 amide bonds. The lowest BCUT2D eigenvalue weighted by molar-refractivity contribution is 0.100. The highest BCUT2D eigenvalue weighted by atomic mass is 32.2. The van der Waals surface area contributed by atoms with Gasteiger partial charge in [0.1, 0.15) is 9.71 Å². The molecule has 0 fully saturated rings. The van der Waals surface area contributed by atoms with Gasteiger partial charge in [0.2, 0.25) is 0 Å². The molecule has 0 aliphatic carbocycles. The van der Waals surface area contributed by atoms with Gasteiger partial charge in [0.05, 0.1) is 16.8 Å². The van der Waals surface area contributed by atoms with E-state index in [-0.39, 0.29) is 0 Å². The van der Waals surface area contributed by atoms with E-state index in [0.29, 0.717) is 25.9 Å². The van der Waals surface area contributed by atoms with Crippen LogP contribution in [0.2, 0.25) is 0 Å². The van der Waals surface area contributed by atoms with Crippen molar-refractivity contribution in [2.75, 3.05) is 12.0 Å². The molecule has 0 saturated carbocycles. The molecule has 3 aromatic rings. The maximum Gasteiger partial charge on any atom is 0.260 e. The van der Waals surface area contributed by atoms with E-state index in [1.54, 1.807) is 0 Å². The smallest absolute Gasteiger partial charge is 0.260 e. The fraction of sp³-hybridized carbons (Fsp3) is 0.0714. The third-order valence-electron chi connectivity index (χ3n) is 3.02. The summed E-state index contributed by atoms with van der Waals surface area (Å²) in [5, 5.41) is 1.33. The van der Waals surface area contributed by atoms with Gasteiger partial charge < -0.3 is 11.5 Å². The van der Waals surface area contributed by atoms with Crippen LogP contribution in [0.3, 0.4) is 0 Å². The summed E-state index contributed by atoms with van der Waals surface area (Å²) in [4.78, 5) is 21.5. The summed E-state index contributed by atoms with van der Waals surface area (Å²) in [6.45, 7) is 0. The molecular formula is C14H12N4OS2. The van der Waals surface area contributed by atoms with E-state index in [0.717, 1.165) is 11.3 Å². The van der Waals surface area contributed by atoms with Crippen LogP contribution in [-0.2, 0) is 0 Å². The molecule has 0 spiro atoms. The minimum Gasteiger partial charge on any atom is -0.397 e. The SMILES string of the molecule is CSc1nc(-c2ccccc2)c2c(N)c(C(N)=O)sc2n1. The van der Waals surface area contributed by atoms with Crippen molar-refractivity contribution in [1.82, 2.24) is 9.97 Å². The Balaban J connectivity index is 2.39. The lowest BCUT2D eigenvalue weighted by Crippen LogP contribution is -2.10. The zero-order valence-corrected chi connectivity index (χ0v) is 12.8. The molecule has 3 rings (SSSR count). The summed E-state index contributed by atoms with van der Waals surface area (Å²) in [6, 6.07) is 9.70. The first-order valence-electron chi connectivity index (χ1n) is 6.11. The van der Waals surface area contributed by atoms with Gasteiger partial charge >= 0.3 is 0 Å². The number of nitrogens with zero attached hydrogens (tertiary/aromatic N) is 2. The van der Waals surface area contributed by atoms with E-state index in [1.807, 2.05) is 36.6 Å². The highest BCUT2D eigenvalue weighted by Crippen LogP contribution is 2.38. The summed E-state index contributed by atoms with van der Waals surface area (Å²) in [5.74, 6) is -0.541. The molecule has 5 nitrogen and oxygen atoms in total. The average molecular weight is 316 g/mol. The van der Waals surface area contributed by atoms with E-state index in [9.17, 15) is 4.79 Å². The van der Waals surface area contributed by atoms with Gasteiger partial charge in [-0.25, -0.2) is 9.97 Å². The maximum atomic E-state index is 11.5. The number of thiophene rings is 1. The first kappa shape index (κ1) is 13.8. The van der Waals surface area contributed by atoms with Crippen molar-refractivity contribution in [2.45, 2.75) is 5.16 Å². The Morgan fingerprint density at radius 1 is 1.24 bits per heavy atom. The summed E-state index contributed by atoms with van der Waals surface area (Å²) in [6.07, 6.45) is 1.90. The summed E-state index contributed by atoms with van der Waals surface area (Å²) in [5.41, 5.74) is 13.5. The van der Waals surface area contributed by atoms with E-state index in [4.69, 9.17) is 11.5 Å². The number of hydrogen-bond acceptors (Lipinski definition) is 6. The molecule has 0 aliphatic rings. The van der Waals surface area contributed by atoms with E-state index < -0.39 is 5.91 Å². The molecule has 0 radical (unpaired) electrons. The number of amides is 1. The Morgan fingerprint density at radius 2 is 1.95 bits per heavy atom. The number of thioether (sulfide) groups is 1. The zero-order valence-electron chi connectivity index (χ0n) is 11.2. The molecule has 7 heteroatoms. The highest BCUT2D eigenvalue weighted by Gasteiger charge is 2.20. The molecule has 106 valence electrons. The van der Waals surface area contributed by atoms with Gasteiger partial charge in [-0.2, -0.15) is 0 Å². The number of anilines is 1. The van der Waals surface area contributed by atoms with E-state index >= 15 is 0 Å².